The van der Waals surface area contributed by atoms with Crippen LogP contribution < -0.4 is 5.32 Å². The Morgan fingerprint density at radius 1 is 1.60 bits per heavy atom. The number of carbonyl (C=O) groups excluding carboxylic acids is 1. The van der Waals surface area contributed by atoms with Gasteiger partial charge in [0.25, 0.3) is 0 Å². The fraction of sp³-hybridized carbons (Fsp3) is 0.462. The number of amides is 2. The normalized spacial score (nSPS) is 18.6. The number of carboxylic acids is 1. The number of aromatic carboxylic acids is 1. The molecule has 1 atom stereocenters. The molecule has 0 radical (unpaired) electrons. The van der Waals surface area contributed by atoms with Gasteiger partial charge in [-0.25, -0.2) is 14.6 Å². The molecule has 0 bridgehead atoms. The van der Waals surface area contributed by atoms with Crippen molar-refractivity contribution < 1.29 is 14.7 Å². The minimum Gasteiger partial charge on any atom is -0.476 e. The number of nitrogens with zero attached hydrogens (tertiary/aromatic N) is 2. The Hall–Kier alpha value is -1.76. The van der Waals surface area contributed by atoms with E-state index in [0.717, 1.165) is 12.2 Å². The first kappa shape index (κ1) is 14.6. The maximum Gasteiger partial charge on any atom is 0.356 e. The summed E-state index contributed by atoms with van der Waals surface area (Å²) in [6.45, 7) is 3.47. The Kier molecular flexibility index (Phi) is 4.84. The van der Waals surface area contributed by atoms with E-state index in [4.69, 9.17) is 5.11 Å². The van der Waals surface area contributed by atoms with Crippen molar-refractivity contribution in [3.05, 3.63) is 24.0 Å². The average molecular weight is 295 g/mol. The van der Waals surface area contributed by atoms with Crippen molar-refractivity contribution in [1.82, 2.24) is 9.88 Å². The highest BCUT2D eigenvalue weighted by Gasteiger charge is 2.24. The largest absolute Gasteiger partial charge is 0.476 e. The van der Waals surface area contributed by atoms with Crippen LogP contribution in [0.5, 0.6) is 0 Å². The lowest BCUT2D eigenvalue weighted by Gasteiger charge is -2.31. The highest BCUT2D eigenvalue weighted by atomic mass is 32.2. The second-order valence-electron chi connectivity index (χ2n) is 4.48. The van der Waals surface area contributed by atoms with Gasteiger partial charge in [-0.1, -0.05) is 6.92 Å². The molecule has 2 heterocycles. The Morgan fingerprint density at radius 3 is 3.10 bits per heavy atom. The molecule has 0 spiro atoms. The van der Waals surface area contributed by atoms with Crippen molar-refractivity contribution in [3.8, 4) is 0 Å². The lowest BCUT2D eigenvalue weighted by Crippen LogP contribution is -2.44. The molecule has 2 N–H and O–H groups in total. The molecule has 7 heteroatoms. The van der Waals surface area contributed by atoms with Crippen LogP contribution in [0.4, 0.5) is 10.5 Å². The van der Waals surface area contributed by atoms with E-state index < -0.39 is 5.97 Å². The number of nitrogens with one attached hydrogen (secondary N) is 1. The lowest BCUT2D eigenvalue weighted by atomic mass is 10.3. The fourth-order valence-corrected chi connectivity index (χ4v) is 3.20. The molecule has 1 unspecified atom stereocenters. The number of urea groups is 1. The second-order valence-corrected chi connectivity index (χ2v) is 5.89. The third-order valence-electron chi connectivity index (χ3n) is 3.13. The van der Waals surface area contributed by atoms with Crippen LogP contribution >= 0.6 is 11.8 Å². The topological polar surface area (TPSA) is 82.5 Å². The minimum atomic E-state index is -1.15. The van der Waals surface area contributed by atoms with Gasteiger partial charge in [0.1, 0.15) is 0 Å². The molecule has 1 aliphatic rings. The van der Waals surface area contributed by atoms with Crippen LogP contribution in [0.1, 0.15) is 23.8 Å². The minimum absolute atomic E-state index is 0.140. The molecule has 20 heavy (non-hydrogen) atoms. The van der Waals surface area contributed by atoms with Crippen molar-refractivity contribution in [3.63, 3.8) is 0 Å². The SMILES string of the molecule is CCC1CN(C(=O)Nc2cccnc2C(=O)O)CCS1. The Morgan fingerprint density at radius 2 is 2.40 bits per heavy atom. The fourth-order valence-electron chi connectivity index (χ4n) is 2.02. The number of carbonyl (C=O) groups is 2. The third-order valence-corrected chi connectivity index (χ3v) is 4.51. The summed E-state index contributed by atoms with van der Waals surface area (Å²) in [5, 5.41) is 12.1. The Bertz CT molecular complexity index is 509. The van der Waals surface area contributed by atoms with Crippen molar-refractivity contribution in [2.75, 3.05) is 24.2 Å². The summed E-state index contributed by atoms with van der Waals surface area (Å²) in [6.07, 6.45) is 2.41. The summed E-state index contributed by atoms with van der Waals surface area (Å²) >= 11 is 1.87. The van der Waals surface area contributed by atoms with Gasteiger partial charge in [-0.05, 0) is 18.6 Å². The van der Waals surface area contributed by atoms with Gasteiger partial charge in [0.2, 0.25) is 0 Å². The summed E-state index contributed by atoms with van der Waals surface area (Å²) in [5.41, 5.74) is 0.0931. The first-order valence-corrected chi connectivity index (χ1v) is 7.52. The first-order chi connectivity index (χ1) is 9.61. The molecule has 2 amide bonds. The van der Waals surface area contributed by atoms with Gasteiger partial charge >= 0.3 is 12.0 Å². The molecule has 0 aliphatic carbocycles. The van der Waals surface area contributed by atoms with Gasteiger partial charge < -0.3 is 15.3 Å². The van der Waals surface area contributed by atoms with E-state index in [1.165, 1.54) is 6.20 Å². The number of carboxylic acid groups (broad SMARTS) is 1. The van der Waals surface area contributed by atoms with Crippen LogP contribution in [0.2, 0.25) is 0 Å². The molecule has 0 saturated carbocycles. The van der Waals surface area contributed by atoms with Crippen LogP contribution in [0.15, 0.2) is 18.3 Å². The molecular formula is C13H17N3O3S. The molecule has 1 aromatic heterocycles. The number of anilines is 1. The van der Waals surface area contributed by atoms with Crippen LogP contribution in [-0.4, -0.2) is 51.1 Å². The van der Waals surface area contributed by atoms with E-state index in [9.17, 15) is 9.59 Å². The van der Waals surface area contributed by atoms with Gasteiger partial charge in [0.05, 0.1) is 5.69 Å². The Balaban J connectivity index is 2.06. The van der Waals surface area contributed by atoms with Gasteiger partial charge in [-0.3, -0.25) is 0 Å². The molecule has 2 rings (SSSR count). The maximum absolute atomic E-state index is 12.2. The molecule has 108 valence electrons. The summed E-state index contributed by atoms with van der Waals surface area (Å²) in [7, 11) is 0. The monoisotopic (exact) mass is 295 g/mol. The Labute approximate surface area is 121 Å². The lowest BCUT2D eigenvalue weighted by molar-refractivity contribution is 0.0691. The van der Waals surface area contributed by atoms with E-state index in [1.54, 1.807) is 17.0 Å². The average Bonchev–Trinajstić information content (AvgIpc) is 2.47. The zero-order valence-electron chi connectivity index (χ0n) is 11.2. The molecular weight excluding hydrogens is 278 g/mol. The molecule has 1 aliphatic heterocycles. The van der Waals surface area contributed by atoms with Crippen LogP contribution in [0.3, 0.4) is 0 Å². The quantitative estimate of drug-likeness (QED) is 0.892. The van der Waals surface area contributed by atoms with Crippen LogP contribution in [-0.2, 0) is 0 Å². The zero-order chi connectivity index (χ0) is 14.5. The van der Waals surface area contributed by atoms with E-state index in [-0.39, 0.29) is 17.4 Å². The first-order valence-electron chi connectivity index (χ1n) is 6.47. The zero-order valence-corrected chi connectivity index (χ0v) is 12.0. The van der Waals surface area contributed by atoms with E-state index in [2.05, 4.69) is 17.2 Å². The maximum atomic E-state index is 12.2. The smallest absolute Gasteiger partial charge is 0.356 e. The number of hydrogen-bond donors (Lipinski definition) is 2. The predicted octanol–water partition coefficient (Wildman–Crippen LogP) is 2.14. The van der Waals surface area contributed by atoms with E-state index >= 15 is 0 Å². The van der Waals surface area contributed by atoms with E-state index in [0.29, 0.717) is 18.3 Å². The molecule has 0 aromatic carbocycles. The number of rotatable bonds is 3. The second kappa shape index (κ2) is 6.60. The van der Waals surface area contributed by atoms with Crippen LogP contribution in [0.25, 0.3) is 0 Å². The standard InChI is InChI=1S/C13H17N3O3S/c1-2-9-8-16(6-7-20-9)13(19)15-10-4-3-5-14-11(10)12(17)18/h3-5,9H,2,6-8H2,1H3,(H,15,19)(H,17,18). The summed E-state index contributed by atoms with van der Waals surface area (Å²) in [4.78, 5) is 28.7. The van der Waals surface area contributed by atoms with E-state index in [1.807, 2.05) is 11.8 Å². The molecule has 6 nitrogen and oxygen atoms in total. The molecule has 1 aromatic rings. The van der Waals surface area contributed by atoms with Gasteiger partial charge in [0.15, 0.2) is 5.69 Å². The number of pyridine rings is 1. The molecule has 1 saturated heterocycles. The summed E-state index contributed by atoms with van der Waals surface area (Å²) in [5.74, 6) is -0.244. The van der Waals surface area contributed by atoms with Gasteiger partial charge in [0, 0.05) is 30.3 Å². The number of thioether (sulfide) groups is 1. The molecule has 1 fully saturated rings. The third kappa shape index (κ3) is 3.41. The van der Waals surface area contributed by atoms with Gasteiger partial charge in [-0.15, -0.1) is 0 Å². The van der Waals surface area contributed by atoms with Crippen molar-refractivity contribution in [2.45, 2.75) is 18.6 Å². The van der Waals surface area contributed by atoms with Gasteiger partial charge in [-0.2, -0.15) is 11.8 Å². The van der Waals surface area contributed by atoms with Crippen molar-refractivity contribution in [1.29, 1.82) is 0 Å². The summed E-state index contributed by atoms with van der Waals surface area (Å²) < 4.78 is 0. The summed E-state index contributed by atoms with van der Waals surface area (Å²) in [6, 6.07) is 2.88. The highest BCUT2D eigenvalue weighted by molar-refractivity contribution is 8.00. The number of hydrogen-bond acceptors (Lipinski definition) is 4. The van der Waals surface area contributed by atoms with Crippen molar-refractivity contribution in [2.24, 2.45) is 0 Å². The highest BCUT2D eigenvalue weighted by Crippen LogP contribution is 2.22. The van der Waals surface area contributed by atoms with Crippen LogP contribution in [0, 0.1) is 0 Å². The van der Waals surface area contributed by atoms with Crippen molar-refractivity contribution >= 4 is 29.4 Å². The number of aromatic nitrogens is 1. The predicted molar refractivity (Wildman–Crippen MR) is 78.3 cm³/mol.